The van der Waals surface area contributed by atoms with Gasteiger partial charge < -0.3 is 9.15 Å². The number of carbonyl (C=O) groups is 2. The van der Waals surface area contributed by atoms with Crippen LogP contribution in [-0.4, -0.2) is 49.7 Å². The number of hydrazine groups is 1. The highest BCUT2D eigenvalue weighted by Gasteiger charge is 2.32. The average Bonchev–Trinajstić information content (AvgIpc) is 3.33. The first-order chi connectivity index (χ1) is 16.4. The SMILES string of the molecule is O=C(NNC(=O)C(c1ccccc1)N1CCS(=O)(=O)CC1)c1ccc(COc2ccccc2)o1. The van der Waals surface area contributed by atoms with Crippen LogP contribution in [0, 0.1) is 0 Å². The minimum atomic E-state index is -3.10. The smallest absolute Gasteiger partial charge is 0.305 e. The van der Waals surface area contributed by atoms with Crippen LogP contribution < -0.4 is 15.6 Å². The molecule has 2 N–H and O–H groups in total. The average molecular weight is 484 g/mol. The lowest BCUT2D eigenvalue weighted by atomic mass is 10.0. The second-order valence-corrected chi connectivity index (χ2v) is 10.1. The molecule has 10 heteroatoms. The van der Waals surface area contributed by atoms with Gasteiger partial charge in [-0.2, -0.15) is 0 Å². The molecule has 4 rings (SSSR count). The Hall–Kier alpha value is -3.63. The summed E-state index contributed by atoms with van der Waals surface area (Å²) in [4.78, 5) is 27.3. The number of furan rings is 1. The molecule has 1 saturated heterocycles. The number of amides is 2. The minimum Gasteiger partial charge on any atom is -0.486 e. The molecule has 2 amide bonds. The molecule has 1 aromatic heterocycles. The van der Waals surface area contributed by atoms with Gasteiger partial charge in [0.1, 0.15) is 24.2 Å². The highest BCUT2D eigenvalue weighted by molar-refractivity contribution is 7.91. The lowest BCUT2D eigenvalue weighted by Crippen LogP contribution is -2.51. The molecule has 34 heavy (non-hydrogen) atoms. The van der Waals surface area contributed by atoms with Gasteiger partial charge in [0.15, 0.2) is 15.6 Å². The molecule has 1 aliphatic rings. The van der Waals surface area contributed by atoms with Crippen LogP contribution >= 0.6 is 0 Å². The van der Waals surface area contributed by atoms with Crippen molar-refractivity contribution in [2.24, 2.45) is 0 Å². The third-order valence-corrected chi connectivity index (χ3v) is 7.03. The number of sulfone groups is 1. The van der Waals surface area contributed by atoms with E-state index in [1.807, 2.05) is 36.4 Å². The Bertz CT molecular complexity index is 1210. The van der Waals surface area contributed by atoms with Crippen LogP contribution in [0.5, 0.6) is 5.75 Å². The van der Waals surface area contributed by atoms with E-state index in [1.54, 1.807) is 35.2 Å². The predicted molar refractivity (Wildman–Crippen MR) is 125 cm³/mol. The molecule has 3 aromatic rings. The summed E-state index contributed by atoms with van der Waals surface area (Å²) in [5.41, 5.74) is 5.52. The Balaban J connectivity index is 1.37. The molecule has 2 heterocycles. The van der Waals surface area contributed by atoms with Gasteiger partial charge in [-0.05, 0) is 29.8 Å². The Morgan fingerprint density at radius 1 is 0.912 bits per heavy atom. The molecule has 1 aliphatic heterocycles. The second kappa shape index (κ2) is 10.5. The number of hydrogen-bond donors (Lipinski definition) is 2. The van der Waals surface area contributed by atoms with Crippen molar-refractivity contribution in [3.05, 3.63) is 89.9 Å². The van der Waals surface area contributed by atoms with Gasteiger partial charge >= 0.3 is 5.91 Å². The molecule has 178 valence electrons. The van der Waals surface area contributed by atoms with Crippen molar-refractivity contribution in [1.82, 2.24) is 15.8 Å². The number of hydrogen-bond acceptors (Lipinski definition) is 7. The number of carbonyl (C=O) groups excluding carboxylic acids is 2. The van der Waals surface area contributed by atoms with E-state index >= 15 is 0 Å². The van der Waals surface area contributed by atoms with E-state index in [1.165, 1.54) is 6.07 Å². The van der Waals surface area contributed by atoms with Crippen molar-refractivity contribution in [3.8, 4) is 5.75 Å². The molecule has 1 atom stereocenters. The molecular formula is C24H25N3O6S. The first kappa shape index (κ1) is 23.5. The second-order valence-electron chi connectivity index (χ2n) is 7.81. The number of nitrogens with one attached hydrogen (secondary N) is 2. The fourth-order valence-corrected chi connectivity index (χ4v) is 4.87. The molecule has 0 aliphatic carbocycles. The molecule has 0 spiro atoms. The van der Waals surface area contributed by atoms with Crippen molar-refractivity contribution in [2.45, 2.75) is 12.6 Å². The number of para-hydroxylation sites is 1. The highest BCUT2D eigenvalue weighted by Crippen LogP contribution is 2.23. The molecule has 0 radical (unpaired) electrons. The molecule has 9 nitrogen and oxygen atoms in total. The topological polar surface area (TPSA) is 118 Å². The van der Waals surface area contributed by atoms with Gasteiger partial charge in [-0.25, -0.2) is 8.42 Å². The number of nitrogens with zero attached hydrogens (tertiary/aromatic N) is 1. The van der Waals surface area contributed by atoms with Crippen LogP contribution in [0.2, 0.25) is 0 Å². The van der Waals surface area contributed by atoms with Crippen LogP contribution in [0.25, 0.3) is 0 Å². The lowest BCUT2D eigenvalue weighted by Gasteiger charge is -2.33. The van der Waals surface area contributed by atoms with Crippen LogP contribution in [0.15, 0.2) is 77.2 Å². The van der Waals surface area contributed by atoms with Crippen molar-refractivity contribution in [3.63, 3.8) is 0 Å². The van der Waals surface area contributed by atoms with E-state index in [2.05, 4.69) is 10.9 Å². The first-order valence-corrected chi connectivity index (χ1v) is 12.6. The lowest BCUT2D eigenvalue weighted by molar-refractivity contribution is -0.127. The predicted octanol–water partition coefficient (Wildman–Crippen LogP) is 2.09. The number of ether oxygens (including phenoxy) is 1. The molecule has 0 saturated carbocycles. The molecule has 0 bridgehead atoms. The highest BCUT2D eigenvalue weighted by atomic mass is 32.2. The van der Waals surface area contributed by atoms with E-state index in [-0.39, 0.29) is 37.0 Å². The first-order valence-electron chi connectivity index (χ1n) is 10.8. The molecule has 2 aromatic carbocycles. The van der Waals surface area contributed by atoms with E-state index in [4.69, 9.17) is 9.15 Å². The normalized spacial score (nSPS) is 16.4. The van der Waals surface area contributed by atoms with E-state index in [0.29, 0.717) is 17.1 Å². The van der Waals surface area contributed by atoms with Crippen LogP contribution in [0.1, 0.15) is 27.9 Å². The molecule has 1 unspecified atom stereocenters. The van der Waals surface area contributed by atoms with Crippen molar-refractivity contribution >= 4 is 21.7 Å². The standard InChI is InChI=1S/C24H25N3O6S/c28-23(21-12-11-20(33-21)17-32-19-9-5-2-6-10-19)25-26-24(29)22(18-7-3-1-4-8-18)27-13-15-34(30,31)16-14-27/h1-12,22H,13-17H2,(H,25,28)(H,26,29). The maximum Gasteiger partial charge on any atom is 0.305 e. The van der Waals surface area contributed by atoms with Crippen LogP contribution in [0.4, 0.5) is 0 Å². The fraction of sp³-hybridized carbons (Fsp3) is 0.250. The maximum absolute atomic E-state index is 13.0. The van der Waals surface area contributed by atoms with Gasteiger partial charge in [0.2, 0.25) is 0 Å². The van der Waals surface area contributed by atoms with E-state index in [9.17, 15) is 18.0 Å². The van der Waals surface area contributed by atoms with Crippen LogP contribution in [0.3, 0.4) is 0 Å². The van der Waals surface area contributed by atoms with Crippen molar-refractivity contribution < 1.29 is 27.2 Å². The van der Waals surface area contributed by atoms with Gasteiger partial charge in [0.05, 0.1) is 11.5 Å². The quantitative estimate of drug-likeness (QED) is 0.494. The monoisotopic (exact) mass is 483 g/mol. The zero-order chi connectivity index (χ0) is 24.0. The maximum atomic E-state index is 13.0. The van der Waals surface area contributed by atoms with E-state index < -0.39 is 27.7 Å². The Labute approximate surface area is 197 Å². The van der Waals surface area contributed by atoms with Gasteiger partial charge in [-0.15, -0.1) is 0 Å². The summed E-state index contributed by atoms with van der Waals surface area (Å²) in [5, 5.41) is 0. The van der Waals surface area contributed by atoms with E-state index in [0.717, 1.165) is 0 Å². The van der Waals surface area contributed by atoms with Crippen molar-refractivity contribution in [1.29, 1.82) is 0 Å². The third kappa shape index (κ3) is 6.03. The summed E-state index contributed by atoms with van der Waals surface area (Å²) in [5.74, 6) is 0.0242. The van der Waals surface area contributed by atoms with Crippen molar-refractivity contribution in [2.75, 3.05) is 24.6 Å². The zero-order valence-corrected chi connectivity index (χ0v) is 19.2. The number of benzene rings is 2. The number of rotatable bonds is 7. The zero-order valence-electron chi connectivity index (χ0n) is 18.3. The molecule has 1 fully saturated rings. The van der Waals surface area contributed by atoms with Gasteiger partial charge in [0.25, 0.3) is 5.91 Å². The van der Waals surface area contributed by atoms with Gasteiger partial charge in [-0.1, -0.05) is 48.5 Å². The fourth-order valence-electron chi connectivity index (χ4n) is 3.65. The summed E-state index contributed by atoms with van der Waals surface area (Å²) in [6, 6.07) is 20.6. The molecular weight excluding hydrogens is 458 g/mol. The Morgan fingerprint density at radius 3 is 2.24 bits per heavy atom. The summed E-state index contributed by atoms with van der Waals surface area (Å²) >= 11 is 0. The van der Waals surface area contributed by atoms with Crippen LogP contribution in [-0.2, 0) is 21.2 Å². The summed E-state index contributed by atoms with van der Waals surface area (Å²) in [7, 11) is -3.10. The Kier molecular flexibility index (Phi) is 7.29. The minimum absolute atomic E-state index is 0.0177. The summed E-state index contributed by atoms with van der Waals surface area (Å²) < 4.78 is 34.8. The summed E-state index contributed by atoms with van der Waals surface area (Å²) in [6.07, 6.45) is 0. The Morgan fingerprint density at radius 2 is 1.56 bits per heavy atom. The van der Waals surface area contributed by atoms with Gasteiger partial charge in [-0.3, -0.25) is 25.3 Å². The third-order valence-electron chi connectivity index (χ3n) is 5.42. The summed E-state index contributed by atoms with van der Waals surface area (Å²) in [6.45, 7) is 0.607. The largest absolute Gasteiger partial charge is 0.486 e. The van der Waals surface area contributed by atoms with Gasteiger partial charge in [0, 0.05) is 13.1 Å².